The Morgan fingerprint density at radius 1 is 1.28 bits per heavy atom. The van der Waals surface area contributed by atoms with Gasteiger partial charge in [-0.1, -0.05) is 43.2 Å². The first kappa shape index (κ1) is 16.3. The number of carbonyl (C=O) groups excluding carboxylic acids is 1. The van der Waals surface area contributed by atoms with Crippen molar-refractivity contribution in [2.75, 3.05) is 6.54 Å². The highest BCUT2D eigenvalue weighted by molar-refractivity contribution is 5.92. The van der Waals surface area contributed by atoms with Crippen LogP contribution in [0.25, 0.3) is 0 Å². The van der Waals surface area contributed by atoms with Crippen LogP contribution < -0.4 is 0 Å². The maximum absolute atomic E-state index is 13.0. The van der Waals surface area contributed by atoms with Crippen LogP contribution in [0.1, 0.15) is 53.8 Å². The molecule has 1 saturated heterocycles. The van der Waals surface area contributed by atoms with Crippen molar-refractivity contribution in [3.63, 3.8) is 0 Å². The number of likely N-dealkylation sites (tertiary alicyclic amines) is 1. The van der Waals surface area contributed by atoms with Gasteiger partial charge < -0.3 is 10.0 Å². The number of aromatic amines is 1. The molecule has 4 rings (SSSR count). The van der Waals surface area contributed by atoms with Crippen LogP contribution in [0.3, 0.4) is 0 Å². The summed E-state index contributed by atoms with van der Waals surface area (Å²) in [6.45, 7) is 2.47. The highest BCUT2D eigenvalue weighted by atomic mass is 16.3. The van der Waals surface area contributed by atoms with Gasteiger partial charge in [0, 0.05) is 24.2 Å². The van der Waals surface area contributed by atoms with E-state index in [9.17, 15) is 9.90 Å². The quantitative estimate of drug-likeness (QED) is 0.884. The zero-order valence-electron chi connectivity index (χ0n) is 14.6. The van der Waals surface area contributed by atoms with Crippen LogP contribution in [0.2, 0.25) is 0 Å². The number of H-pyrrole nitrogens is 1. The lowest BCUT2D eigenvalue weighted by Crippen LogP contribution is -2.59. The van der Waals surface area contributed by atoms with E-state index in [2.05, 4.69) is 10.2 Å². The number of aliphatic hydroxyl groups is 1. The second-order valence-electron chi connectivity index (χ2n) is 7.43. The number of carbonyl (C=O) groups is 1. The van der Waals surface area contributed by atoms with Crippen LogP contribution >= 0.6 is 0 Å². The zero-order chi connectivity index (χ0) is 17.4. The summed E-state index contributed by atoms with van der Waals surface area (Å²) in [6.07, 6.45) is 4.71. The second-order valence-corrected chi connectivity index (χ2v) is 7.43. The SMILES string of the molecule is Cc1cc(C(=O)N2CCC(O)(c3ccccc3)[C@H]3CCCC[C@H]32)n[nH]1. The van der Waals surface area contributed by atoms with Gasteiger partial charge in [-0.2, -0.15) is 5.10 Å². The number of aryl methyl sites for hydroxylation is 1. The molecule has 5 nitrogen and oxygen atoms in total. The molecule has 2 aliphatic rings. The summed E-state index contributed by atoms with van der Waals surface area (Å²) in [5, 5.41) is 18.6. The second kappa shape index (κ2) is 6.30. The molecule has 25 heavy (non-hydrogen) atoms. The minimum atomic E-state index is -0.843. The van der Waals surface area contributed by atoms with E-state index < -0.39 is 5.60 Å². The van der Waals surface area contributed by atoms with Gasteiger partial charge in [0.05, 0.1) is 5.60 Å². The third-order valence-corrected chi connectivity index (χ3v) is 5.94. The number of hydrogen-bond donors (Lipinski definition) is 2. The summed E-state index contributed by atoms with van der Waals surface area (Å²) >= 11 is 0. The molecule has 1 aromatic heterocycles. The van der Waals surface area contributed by atoms with Gasteiger partial charge in [-0.3, -0.25) is 9.89 Å². The van der Waals surface area contributed by atoms with Crippen molar-refractivity contribution in [3.8, 4) is 0 Å². The summed E-state index contributed by atoms with van der Waals surface area (Å²) in [7, 11) is 0. The Bertz CT molecular complexity index is 757. The minimum absolute atomic E-state index is 0.0173. The molecule has 1 saturated carbocycles. The summed E-state index contributed by atoms with van der Waals surface area (Å²) in [5.41, 5.74) is 1.51. The number of hydrogen-bond acceptors (Lipinski definition) is 3. The molecule has 2 N–H and O–H groups in total. The standard InChI is InChI=1S/C20H25N3O2/c1-14-13-17(22-21-14)19(24)23-12-11-20(25,15-7-3-2-4-8-15)16-9-5-6-10-18(16)23/h2-4,7-8,13,16,18,25H,5-6,9-12H2,1H3,(H,21,22)/t16-,18+,20?/m0/s1. The number of piperidine rings is 1. The molecule has 0 spiro atoms. The maximum atomic E-state index is 13.0. The molecule has 1 amide bonds. The van der Waals surface area contributed by atoms with Crippen molar-refractivity contribution >= 4 is 5.91 Å². The Balaban J connectivity index is 1.65. The number of nitrogens with zero attached hydrogens (tertiary/aromatic N) is 2. The number of aromatic nitrogens is 2. The van der Waals surface area contributed by atoms with Gasteiger partial charge in [-0.25, -0.2) is 0 Å². The molecule has 5 heteroatoms. The fraction of sp³-hybridized carbons (Fsp3) is 0.500. The molecule has 1 aliphatic carbocycles. The maximum Gasteiger partial charge on any atom is 0.274 e. The van der Waals surface area contributed by atoms with Crippen molar-refractivity contribution in [2.45, 2.75) is 50.7 Å². The predicted octanol–water partition coefficient (Wildman–Crippen LogP) is 3.01. The average Bonchev–Trinajstić information content (AvgIpc) is 3.09. The van der Waals surface area contributed by atoms with Gasteiger partial charge in [0.1, 0.15) is 5.69 Å². The Hall–Kier alpha value is -2.14. The first-order valence-corrected chi connectivity index (χ1v) is 9.20. The van der Waals surface area contributed by atoms with Crippen LogP contribution in [-0.2, 0) is 5.60 Å². The third-order valence-electron chi connectivity index (χ3n) is 5.94. The van der Waals surface area contributed by atoms with Crippen molar-refractivity contribution in [1.82, 2.24) is 15.1 Å². The van der Waals surface area contributed by atoms with E-state index in [0.717, 1.165) is 36.9 Å². The van der Waals surface area contributed by atoms with Crippen LogP contribution in [0.15, 0.2) is 36.4 Å². The fourth-order valence-electron chi connectivity index (χ4n) is 4.70. The van der Waals surface area contributed by atoms with Crippen molar-refractivity contribution in [1.29, 1.82) is 0 Å². The average molecular weight is 339 g/mol. The van der Waals surface area contributed by atoms with Crippen LogP contribution in [-0.4, -0.2) is 38.7 Å². The number of benzene rings is 1. The molecular formula is C20H25N3O2. The molecule has 1 unspecified atom stereocenters. The minimum Gasteiger partial charge on any atom is -0.385 e. The number of amides is 1. The van der Waals surface area contributed by atoms with Crippen LogP contribution in [0, 0.1) is 12.8 Å². The van der Waals surface area contributed by atoms with Crippen molar-refractivity contribution in [2.24, 2.45) is 5.92 Å². The zero-order valence-corrected chi connectivity index (χ0v) is 14.6. The van der Waals surface area contributed by atoms with E-state index >= 15 is 0 Å². The Morgan fingerprint density at radius 3 is 2.76 bits per heavy atom. The molecule has 0 bridgehead atoms. The smallest absolute Gasteiger partial charge is 0.274 e. The normalized spacial score (nSPS) is 29.3. The van der Waals surface area contributed by atoms with Gasteiger partial charge in [0.2, 0.25) is 0 Å². The highest BCUT2D eigenvalue weighted by Gasteiger charge is 2.50. The molecule has 1 aliphatic heterocycles. The van der Waals surface area contributed by atoms with Gasteiger partial charge in [-0.15, -0.1) is 0 Å². The van der Waals surface area contributed by atoms with Gasteiger partial charge in [0.15, 0.2) is 0 Å². The lowest BCUT2D eigenvalue weighted by molar-refractivity contribution is -0.110. The lowest BCUT2D eigenvalue weighted by atomic mass is 9.66. The van der Waals surface area contributed by atoms with Crippen molar-refractivity contribution < 1.29 is 9.90 Å². The first-order chi connectivity index (χ1) is 12.1. The summed E-state index contributed by atoms with van der Waals surface area (Å²) in [5.74, 6) is 0.0674. The predicted molar refractivity (Wildman–Crippen MR) is 95.1 cm³/mol. The number of rotatable bonds is 2. The van der Waals surface area contributed by atoms with Gasteiger partial charge >= 0.3 is 0 Å². The van der Waals surface area contributed by atoms with E-state index in [1.165, 1.54) is 0 Å². The molecule has 132 valence electrons. The Kier molecular flexibility index (Phi) is 4.12. The molecular weight excluding hydrogens is 314 g/mol. The monoisotopic (exact) mass is 339 g/mol. The topological polar surface area (TPSA) is 69.2 Å². The Morgan fingerprint density at radius 2 is 2.04 bits per heavy atom. The van der Waals surface area contributed by atoms with E-state index in [-0.39, 0.29) is 17.9 Å². The third kappa shape index (κ3) is 2.76. The fourth-order valence-corrected chi connectivity index (χ4v) is 4.70. The summed E-state index contributed by atoms with van der Waals surface area (Å²) in [6, 6.07) is 11.9. The molecule has 2 heterocycles. The van der Waals surface area contributed by atoms with E-state index in [4.69, 9.17) is 0 Å². The van der Waals surface area contributed by atoms with Gasteiger partial charge in [0.25, 0.3) is 5.91 Å². The molecule has 3 atom stereocenters. The number of fused-ring (bicyclic) bond motifs is 1. The summed E-state index contributed by atoms with van der Waals surface area (Å²) in [4.78, 5) is 14.9. The largest absolute Gasteiger partial charge is 0.385 e. The molecule has 1 aromatic carbocycles. The van der Waals surface area contributed by atoms with Crippen molar-refractivity contribution in [3.05, 3.63) is 53.3 Å². The molecule has 2 aromatic rings. The highest BCUT2D eigenvalue weighted by Crippen LogP contribution is 2.47. The van der Waals surface area contributed by atoms with E-state index in [0.29, 0.717) is 18.7 Å². The summed E-state index contributed by atoms with van der Waals surface area (Å²) < 4.78 is 0. The Labute approximate surface area is 148 Å². The van der Waals surface area contributed by atoms with Crippen LogP contribution in [0.5, 0.6) is 0 Å². The molecule has 2 fully saturated rings. The van der Waals surface area contributed by atoms with E-state index in [1.54, 1.807) is 6.07 Å². The lowest BCUT2D eigenvalue weighted by Gasteiger charge is -2.52. The van der Waals surface area contributed by atoms with Crippen LogP contribution in [0.4, 0.5) is 0 Å². The van der Waals surface area contributed by atoms with Gasteiger partial charge in [-0.05, 0) is 37.8 Å². The van der Waals surface area contributed by atoms with E-state index in [1.807, 2.05) is 42.2 Å². The molecule has 0 radical (unpaired) electrons. The number of nitrogens with one attached hydrogen (secondary N) is 1. The first-order valence-electron chi connectivity index (χ1n) is 9.20.